The van der Waals surface area contributed by atoms with Crippen molar-refractivity contribution in [2.45, 2.75) is 25.8 Å². The molecule has 1 heterocycles. The molecule has 0 aliphatic heterocycles. The second-order valence-corrected chi connectivity index (χ2v) is 18.1. The molecule has 0 atom stereocenters. The quantitative estimate of drug-likeness (QED) is 0.141. The van der Waals surface area contributed by atoms with E-state index in [2.05, 4.69) is 266 Å². The van der Waals surface area contributed by atoms with E-state index >= 15 is 0 Å². The summed E-state index contributed by atoms with van der Waals surface area (Å²) >= 11 is 0. The van der Waals surface area contributed by atoms with Gasteiger partial charge in [-0.2, -0.15) is 0 Å². The van der Waals surface area contributed by atoms with E-state index in [1.165, 1.54) is 99.8 Å². The maximum Gasteiger partial charge on any atom is 0.0547 e. The first-order valence-corrected chi connectivity index (χ1v) is 23.0. The highest BCUT2D eigenvalue weighted by Crippen LogP contribution is 2.52. The van der Waals surface area contributed by atoms with Crippen LogP contribution in [0.15, 0.2) is 243 Å². The van der Waals surface area contributed by atoms with Crippen LogP contribution >= 0.6 is 0 Å². The summed E-state index contributed by atoms with van der Waals surface area (Å²) in [5.41, 5.74) is 22.3. The molecule has 12 rings (SSSR count). The summed E-state index contributed by atoms with van der Waals surface area (Å²) in [7, 11) is 0. The van der Waals surface area contributed by atoms with E-state index in [1.807, 2.05) is 0 Å². The average Bonchev–Trinajstić information content (AvgIpc) is 3.85. The smallest absolute Gasteiger partial charge is 0.0547 e. The van der Waals surface area contributed by atoms with Crippen molar-refractivity contribution >= 4 is 33.2 Å². The Morgan fingerprint density at radius 3 is 1.64 bits per heavy atom. The minimum atomic E-state index is -0.144. The van der Waals surface area contributed by atoms with Crippen LogP contribution in [0, 0.1) is 0 Å². The second kappa shape index (κ2) is 16.1. The summed E-state index contributed by atoms with van der Waals surface area (Å²) in [5.74, 6) is 0. The van der Waals surface area contributed by atoms with Crippen molar-refractivity contribution in [3.8, 4) is 61.3 Å². The number of nitrogens with zero attached hydrogens (tertiary/aromatic N) is 2. The number of rotatable bonds is 9. The zero-order chi connectivity index (χ0) is 44.2. The molecule has 314 valence electrons. The van der Waals surface area contributed by atoms with Gasteiger partial charge in [-0.05, 0) is 121 Å². The molecule has 11 aromatic rings. The molecule has 2 nitrogen and oxygen atoms in total. The molecular formula is C64H48N2. The topological polar surface area (TPSA) is 8.17 Å². The van der Waals surface area contributed by atoms with Crippen LogP contribution in [0.1, 0.15) is 30.5 Å². The summed E-state index contributed by atoms with van der Waals surface area (Å²) in [5, 5.41) is 2.53. The molecule has 0 N–H and O–H groups in total. The lowest BCUT2D eigenvalue weighted by molar-refractivity contribution is 0.656. The Balaban J connectivity index is 0.915. The van der Waals surface area contributed by atoms with Gasteiger partial charge in [0.15, 0.2) is 0 Å². The highest BCUT2D eigenvalue weighted by Gasteiger charge is 2.38. The summed E-state index contributed by atoms with van der Waals surface area (Å²) in [6, 6.07) is 88.9. The minimum Gasteiger partial charge on any atom is -0.337 e. The molecule has 0 unspecified atom stereocenters. The van der Waals surface area contributed by atoms with E-state index in [-0.39, 0.29) is 5.41 Å². The van der Waals surface area contributed by atoms with Gasteiger partial charge in [0, 0.05) is 34.1 Å². The first-order chi connectivity index (χ1) is 32.5. The van der Waals surface area contributed by atoms with Crippen molar-refractivity contribution in [1.82, 2.24) is 4.57 Å². The molecule has 0 fully saturated rings. The van der Waals surface area contributed by atoms with Crippen LogP contribution in [0.5, 0.6) is 0 Å². The van der Waals surface area contributed by atoms with Crippen molar-refractivity contribution in [2.24, 2.45) is 0 Å². The van der Waals surface area contributed by atoms with Crippen molar-refractivity contribution in [2.75, 3.05) is 4.90 Å². The number of hydrogen-bond donors (Lipinski definition) is 0. The Bertz CT molecular complexity index is 3560. The highest BCUT2D eigenvalue weighted by atomic mass is 15.1. The van der Waals surface area contributed by atoms with Crippen LogP contribution in [0.4, 0.5) is 11.4 Å². The van der Waals surface area contributed by atoms with Gasteiger partial charge >= 0.3 is 0 Å². The van der Waals surface area contributed by atoms with E-state index in [0.717, 1.165) is 11.4 Å². The fourth-order valence-electron chi connectivity index (χ4n) is 10.7. The van der Waals surface area contributed by atoms with Crippen LogP contribution in [-0.2, 0) is 12.0 Å². The molecular weight excluding hydrogens is 797 g/mol. The third kappa shape index (κ3) is 6.64. The van der Waals surface area contributed by atoms with Gasteiger partial charge in [-0.15, -0.1) is 0 Å². The predicted octanol–water partition coefficient (Wildman–Crippen LogP) is 17.1. The molecule has 0 radical (unpaired) electrons. The standard InChI is InChI=1S/C64H48N2/c1-64(2)58-30-13-11-26-55(58)56-29-17-33-61(63(56)64)66-59-31-14-12-27-57(59)62-54(28-16-32-60(62)66)49-22-15-21-48(42-49)53-25-10-9-20-50(53)43-65(51-23-7-4-8-24-51)52-40-38-47(39-41-52)46-36-34-45(35-37-46)44-18-5-3-6-19-44/h3-42H,43H2,1-2H3. The molecule has 0 amide bonds. The van der Waals surface area contributed by atoms with Gasteiger partial charge in [-0.3, -0.25) is 0 Å². The Labute approximate surface area is 387 Å². The Kier molecular flexibility index (Phi) is 9.61. The Morgan fingerprint density at radius 2 is 0.879 bits per heavy atom. The molecule has 0 saturated heterocycles. The summed E-state index contributed by atoms with van der Waals surface area (Å²) in [6.07, 6.45) is 0. The minimum absolute atomic E-state index is 0.144. The number of para-hydroxylation sites is 2. The maximum atomic E-state index is 2.52. The third-order valence-electron chi connectivity index (χ3n) is 13.9. The van der Waals surface area contributed by atoms with Crippen LogP contribution < -0.4 is 4.90 Å². The zero-order valence-electron chi connectivity index (χ0n) is 37.2. The first-order valence-electron chi connectivity index (χ1n) is 23.0. The van der Waals surface area contributed by atoms with Gasteiger partial charge in [0.2, 0.25) is 0 Å². The van der Waals surface area contributed by atoms with Gasteiger partial charge in [0.1, 0.15) is 0 Å². The largest absolute Gasteiger partial charge is 0.337 e. The number of anilines is 2. The van der Waals surface area contributed by atoms with Gasteiger partial charge in [0.25, 0.3) is 0 Å². The fourth-order valence-corrected chi connectivity index (χ4v) is 10.7. The Hall–Kier alpha value is -8.20. The average molecular weight is 845 g/mol. The lowest BCUT2D eigenvalue weighted by Gasteiger charge is -2.27. The SMILES string of the molecule is CC1(C)c2ccccc2-c2cccc(-n3c4ccccc4c4c(-c5cccc(-c6ccccc6CN(c6ccccc6)c6ccc(-c7ccc(-c8ccccc8)cc7)cc6)c5)cccc43)c21. The molecule has 2 heteroatoms. The molecule has 1 aliphatic carbocycles. The van der Waals surface area contributed by atoms with Gasteiger partial charge in [-0.25, -0.2) is 0 Å². The zero-order valence-corrected chi connectivity index (χ0v) is 37.2. The van der Waals surface area contributed by atoms with Gasteiger partial charge in [0.05, 0.1) is 16.7 Å². The molecule has 0 bridgehead atoms. The summed E-state index contributed by atoms with van der Waals surface area (Å²) in [4.78, 5) is 2.43. The van der Waals surface area contributed by atoms with E-state index in [9.17, 15) is 0 Å². The van der Waals surface area contributed by atoms with E-state index < -0.39 is 0 Å². The van der Waals surface area contributed by atoms with Crippen molar-refractivity contribution in [1.29, 1.82) is 0 Å². The molecule has 1 aromatic heterocycles. The first kappa shape index (κ1) is 39.4. The van der Waals surface area contributed by atoms with Crippen LogP contribution in [0.2, 0.25) is 0 Å². The summed E-state index contributed by atoms with van der Waals surface area (Å²) in [6.45, 7) is 5.47. The number of fused-ring (bicyclic) bond motifs is 6. The number of benzene rings is 10. The maximum absolute atomic E-state index is 2.52. The predicted molar refractivity (Wildman–Crippen MR) is 279 cm³/mol. The lowest BCUT2D eigenvalue weighted by Crippen LogP contribution is -2.17. The van der Waals surface area contributed by atoms with Gasteiger partial charge in [-0.1, -0.05) is 208 Å². The van der Waals surface area contributed by atoms with Crippen molar-refractivity contribution in [3.63, 3.8) is 0 Å². The molecule has 0 spiro atoms. The van der Waals surface area contributed by atoms with E-state index in [0.29, 0.717) is 6.54 Å². The van der Waals surface area contributed by atoms with Crippen LogP contribution in [-0.4, -0.2) is 4.57 Å². The molecule has 66 heavy (non-hydrogen) atoms. The van der Waals surface area contributed by atoms with Crippen molar-refractivity contribution in [3.05, 3.63) is 259 Å². The highest BCUT2D eigenvalue weighted by molar-refractivity contribution is 6.16. The Morgan fingerprint density at radius 1 is 0.379 bits per heavy atom. The van der Waals surface area contributed by atoms with Crippen LogP contribution in [0.25, 0.3) is 83.1 Å². The van der Waals surface area contributed by atoms with Crippen LogP contribution in [0.3, 0.4) is 0 Å². The van der Waals surface area contributed by atoms with Crippen molar-refractivity contribution < 1.29 is 0 Å². The molecule has 0 saturated carbocycles. The molecule has 1 aliphatic rings. The number of hydrogen-bond acceptors (Lipinski definition) is 1. The summed E-state index contributed by atoms with van der Waals surface area (Å²) < 4.78 is 2.52. The molecule has 10 aromatic carbocycles. The third-order valence-corrected chi connectivity index (χ3v) is 13.9. The monoisotopic (exact) mass is 844 g/mol. The lowest BCUT2D eigenvalue weighted by atomic mass is 9.81. The number of aromatic nitrogens is 1. The normalized spacial score (nSPS) is 12.6. The van der Waals surface area contributed by atoms with E-state index in [4.69, 9.17) is 0 Å². The fraction of sp³-hybridized carbons (Fsp3) is 0.0625. The van der Waals surface area contributed by atoms with Gasteiger partial charge < -0.3 is 9.47 Å². The second-order valence-electron chi connectivity index (χ2n) is 18.1. The van der Waals surface area contributed by atoms with E-state index in [1.54, 1.807) is 0 Å².